The van der Waals surface area contributed by atoms with E-state index in [2.05, 4.69) is 12.2 Å². The molecule has 0 aliphatic carbocycles. The minimum Gasteiger partial charge on any atom is -0.481 e. The van der Waals surface area contributed by atoms with Gasteiger partial charge in [0.2, 0.25) is 0 Å². The highest BCUT2D eigenvalue weighted by atomic mass is 16.5. The van der Waals surface area contributed by atoms with Gasteiger partial charge in [0.25, 0.3) is 5.91 Å². The van der Waals surface area contributed by atoms with Gasteiger partial charge in [-0.05, 0) is 38.0 Å². The summed E-state index contributed by atoms with van der Waals surface area (Å²) in [7, 11) is 0. The minimum atomic E-state index is -0.488. The molecule has 0 aliphatic rings. The Morgan fingerprint density at radius 1 is 1.32 bits per heavy atom. The van der Waals surface area contributed by atoms with Crippen LogP contribution < -0.4 is 15.8 Å². The van der Waals surface area contributed by atoms with Gasteiger partial charge in [-0.25, -0.2) is 0 Å². The van der Waals surface area contributed by atoms with Crippen LogP contribution in [0.15, 0.2) is 24.3 Å². The molecule has 0 saturated heterocycles. The zero-order valence-corrected chi connectivity index (χ0v) is 12.0. The van der Waals surface area contributed by atoms with Gasteiger partial charge in [0, 0.05) is 12.6 Å². The van der Waals surface area contributed by atoms with Crippen molar-refractivity contribution < 1.29 is 9.53 Å². The molecule has 0 saturated carbocycles. The van der Waals surface area contributed by atoms with Crippen LogP contribution in [0, 0.1) is 0 Å². The number of benzene rings is 1. The molecule has 2 atom stereocenters. The zero-order valence-electron chi connectivity index (χ0n) is 12.0. The molecule has 1 aromatic carbocycles. The van der Waals surface area contributed by atoms with Crippen molar-refractivity contribution in [2.45, 2.75) is 45.8 Å². The smallest absolute Gasteiger partial charge is 0.260 e. The first-order valence-electron chi connectivity index (χ1n) is 6.84. The van der Waals surface area contributed by atoms with Crippen molar-refractivity contribution in [1.82, 2.24) is 5.32 Å². The van der Waals surface area contributed by atoms with E-state index in [-0.39, 0.29) is 11.9 Å². The van der Waals surface area contributed by atoms with E-state index in [1.807, 2.05) is 31.2 Å². The van der Waals surface area contributed by atoms with Gasteiger partial charge in [0.1, 0.15) is 5.75 Å². The molecule has 0 bridgehead atoms. The number of unbranched alkanes of at least 4 members (excludes halogenated alkanes) is 1. The van der Waals surface area contributed by atoms with Crippen molar-refractivity contribution in [3.05, 3.63) is 29.8 Å². The van der Waals surface area contributed by atoms with E-state index in [1.165, 1.54) is 0 Å². The van der Waals surface area contributed by atoms with Gasteiger partial charge in [0.15, 0.2) is 6.10 Å². The average molecular weight is 264 g/mol. The molecule has 4 nitrogen and oxygen atoms in total. The van der Waals surface area contributed by atoms with Gasteiger partial charge >= 0.3 is 0 Å². The lowest BCUT2D eigenvalue weighted by Crippen LogP contribution is -2.36. The second kappa shape index (κ2) is 7.79. The van der Waals surface area contributed by atoms with Crippen LogP contribution in [0.5, 0.6) is 5.75 Å². The van der Waals surface area contributed by atoms with Gasteiger partial charge in [-0.1, -0.05) is 25.5 Å². The number of nitrogens with one attached hydrogen (secondary N) is 1. The van der Waals surface area contributed by atoms with Crippen LogP contribution in [-0.2, 0) is 4.79 Å². The van der Waals surface area contributed by atoms with Gasteiger partial charge in [-0.15, -0.1) is 0 Å². The van der Waals surface area contributed by atoms with Crippen molar-refractivity contribution in [2.24, 2.45) is 5.73 Å². The van der Waals surface area contributed by atoms with E-state index in [0.717, 1.165) is 18.4 Å². The Kier molecular flexibility index (Phi) is 6.36. The lowest BCUT2D eigenvalue weighted by molar-refractivity contribution is -0.127. The van der Waals surface area contributed by atoms with Crippen LogP contribution in [0.25, 0.3) is 0 Å². The molecular formula is C15H24N2O2. The Hall–Kier alpha value is -1.55. The second-order valence-corrected chi connectivity index (χ2v) is 4.76. The molecule has 4 heteroatoms. The normalized spacial score (nSPS) is 13.7. The molecule has 106 valence electrons. The van der Waals surface area contributed by atoms with E-state index in [4.69, 9.17) is 10.5 Å². The summed E-state index contributed by atoms with van der Waals surface area (Å²) < 4.78 is 5.59. The monoisotopic (exact) mass is 264 g/mol. The molecule has 0 aliphatic heterocycles. The Morgan fingerprint density at radius 2 is 1.95 bits per heavy atom. The number of hydrogen-bond acceptors (Lipinski definition) is 3. The van der Waals surface area contributed by atoms with Crippen LogP contribution in [0.3, 0.4) is 0 Å². The number of rotatable bonds is 7. The topological polar surface area (TPSA) is 64.3 Å². The number of hydrogen-bond donors (Lipinski definition) is 2. The van der Waals surface area contributed by atoms with Crippen molar-refractivity contribution in [2.75, 3.05) is 6.54 Å². The van der Waals surface area contributed by atoms with Crippen molar-refractivity contribution in [3.8, 4) is 5.75 Å². The molecule has 1 amide bonds. The summed E-state index contributed by atoms with van der Waals surface area (Å²) in [6, 6.07) is 7.52. The lowest BCUT2D eigenvalue weighted by Gasteiger charge is -2.15. The third-order valence-corrected chi connectivity index (χ3v) is 2.92. The van der Waals surface area contributed by atoms with E-state index < -0.39 is 6.10 Å². The molecule has 0 spiro atoms. The molecule has 0 aromatic heterocycles. The minimum absolute atomic E-state index is 0.00353. The Balaban J connectivity index is 2.47. The van der Waals surface area contributed by atoms with Crippen LogP contribution in [0.1, 0.15) is 45.2 Å². The fraction of sp³-hybridized carbons (Fsp3) is 0.533. The first-order chi connectivity index (χ1) is 9.04. The molecular weight excluding hydrogens is 240 g/mol. The number of amides is 1. The largest absolute Gasteiger partial charge is 0.481 e. The van der Waals surface area contributed by atoms with Gasteiger partial charge in [0.05, 0.1) is 0 Å². The van der Waals surface area contributed by atoms with E-state index >= 15 is 0 Å². The Morgan fingerprint density at radius 3 is 2.47 bits per heavy atom. The van der Waals surface area contributed by atoms with Crippen LogP contribution in [0.2, 0.25) is 0 Å². The molecule has 0 fully saturated rings. The second-order valence-electron chi connectivity index (χ2n) is 4.76. The quantitative estimate of drug-likeness (QED) is 0.743. The SMILES string of the molecule is CCCCNC(=O)C(C)Oc1ccc([C@@H](C)N)cc1. The van der Waals surface area contributed by atoms with Crippen molar-refractivity contribution in [1.29, 1.82) is 0 Å². The number of ether oxygens (including phenoxy) is 1. The third-order valence-electron chi connectivity index (χ3n) is 2.92. The first-order valence-corrected chi connectivity index (χ1v) is 6.84. The Bertz CT molecular complexity index is 388. The highest BCUT2D eigenvalue weighted by molar-refractivity contribution is 5.80. The van der Waals surface area contributed by atoms with Crippen LogP contribution in [0.4, 0.5) is 0 Å². The Labute approximate surface area is 115 Å². The number of nitrogens with two attached hydrogens (primary N) is 1. The maximum absolute atomic E-state index is 11.7. The van der Waals surface area contributed by atoms with E-state index in [1.54, 1.807) is 6.92 Å². The predicted octanol–water partition coefficient (Wildman–Crippen LogP) is 2.39. The molecule has 1 rings (SSSR count). The molecule has 3 N–H and O–H groups in total. The summed E-state index contributed by atoms with van der Waals surface area (Å²) in [6.07, 6.45) is 1.56. The maximum atomic E-state index is 11.7. The molecule has 0 heterocycles. The average Bonchev–Trinajstić information content (AvgIpc) is 2.39. The number of carbonyl (C=O) groups excluding carboxylic acids is 1. The zero-order chi connectivity index (χ0) is 14.3. The molecule has 1 unspecified atom stereocenters. The summed E-state index contributed by atoms with van der Waals surface area (Å²) in [6.45, 7) is 6.47. The fourth-order valence-corrected chi connectivity index (χ4v) is 1.64. The van der Waals surface area contributed by atoms with E-state index in [0.29, 0.717) is 12.3 Å². The van der Waals surface area contributed by atoms with Crippen molar-refractivity contribution >= 4 is 5.91 Å². The summed E-state index contributed by atoms with van der Waals surface area (Å²) in [5.74, 6) is 0.604. The predicted molar refractivity (Wildman–Crippen MR) is 77.1 cm³/mol. The standard InChI is InChI=1S/C15H24N2O2/c1-4-5-10-17-15(18)12(3)19-14-8-6-13(7-9-14)11(2)16/h6-9,11-12H,4-5,10,16H2,1-3H3,(H,17,18)/t11-,12?/m1/s1. The van der Waals surface area contributed by atoms with Crippen LogP contribution >= 0.6 is 0 Å². The van der Waals surface area contributed by atoms with Crippen molar-refractivity contribution in [3.63, 3.8) is 0 Å². The van der Waals surface area contributed by atoms with Crippen LogP contribution in [-0.4, -0.2) is 18.6 Å². The molecule has 19 heavy (non-hydrogen) atoms. The first kappa shape index (κ1) is 15.5. The number of carbonyl (C=O) groups is 1. The lowest BCUT2D eigenvalue weighted by atomic mass is 10.1. The van der Waals surface area contributed by atoms with Gasteiger partial charge in [-0.3, -0.25) is 4.79 Å². The highest BCUT2D eigenvalue weighted by Crippen LogP contribution is 2.17. The van der Waals surface area contributed by atoms with Gasteiger partial charge in [-0.2, -0.15) is 0 Å². The molecule has 0 radical (unpaired) electrons. The highest BCUT2D eigenvalue weighted by Gasteiger charge is 2.13. The summed E-state index contributed by atoms with van der Waals surface area (Å²) >= 11 is 0. The fourth-order valence-electron chi connectivity index (χ4n) is 1.64. The van der Waals surface area contributed by atoms with E-state index in [9.17, 15) is 4.79 Å². The molecule has 1 aromatic rings. The maximum Gasteiger partial charge on any atom is 0.260 e. The summed E-state index contributed by atoms with van der Waals surface area (Å²) in [5.41, 5.74) is 6.82. The van der Waals surface area contributed by atoms with Gasteiger partial charge < -0.3 is 15.8 Å². The third kappa shape index (κ3) is 5.30. The summed E-state index contributed by atoms with van der Waals surface area (Å²) in [4.78, 5) is 11.7. The summed E-state index contributed by atoms with van der Waals surface area (Å²) in [5, 5.41) is 2.85.